The summed E-state index contributed by atoms with van der Waals surface area (Å²) in [6.07, 6.45) is 8.90. The molecular weight excluding hydrogens is 438 g/mol. The van der Waals surface area contributed by atoms with Gasteiger partial charge in [0.15, 0.2) is 0 Å². The second-order valence-corrected chi connectivity index (χ2v) is 10.3. The molecule has 0 unspecified atom stereocenters. The summed E-state index contributed by atoms with van der Waals surface area (Å²) >= 11 is 0. The van der Waals surface area contributed by atoms with Gasteiger partial charge in [-0.2, -0.15) is 0 Å². The van der Waals surface area contributed by atoms with Crippen molar-refractivity contribution >= 4 is 11.9 Å². The van der Waals surface area contributed by atoms with Gasteiger partial charge in [0.1, 0.15) is 6.54 Å². The van der Waals surface area contributed by atoms with Gasteiger partial charge in [0.25, 0.3) is 5.91 Å². The van der Waals surface area contributed by atoms with Crippen LogP contribution in [0.1, 0.15) is 103 Å². The van der Waals surface area contributed by atoms with Crippen LogP contribution < -0.4 is 5.32 Å². The maximum Gasteiger partial charge on any atom is 0.322 e. The monoisotopic (exact) mass is 479 g/mol. The molecule has 0 bridgehead atoms. The van der Waals surface area contributed by atoms with E-state index in [1.54, 1.807) is 0 Å². The summed E-state index contributed by atoms with van der Waals surface area (Å²) in [7, 11) is 0. The zero-order valence-corrected chi connectivity index (χ0v) is 21.7. The van der Waals surface area contributed by atoms with Crippen molar-refractivity contribution in [1.29, 1.82) is 0 Å². The number of carboxylic acids is 1. The lowest BCUT2D eigenvalue weighted by molar-refractivity contribution is -0.135. The van der Waals surface area contributed by atoms with Crippen LogP contribution in [0, 0.1) is 13.8 Å². The minimum absolute atomic E-state index is 0.175. The predicted octanol–water partition coefficient (Wildman–Crippen LogP) is 5.85. The first-order valence-electron chi connectivity index (χ1n) is 13.1. The van der Waals surface area contributed by atoms with Crippen LogP contribution >= 0.6 is 0 Å². The van der Waals surface area contributed by atoms with Crippen LogP contribution in [-0.4, -0.2) is 34.2 Å². The van der Waals surface area contributed by atoms with E-state index in [-0.39, 0.29) is 11.3 Å². The second-order valence-electron chi connectivity index (χ2n) is 10.3. The summed E-state index contributed by atoms with van der Waals surface area (Å²) in [5.41, 5.74) is 5.65. The van der Waals surface area contributed by atoms with Gasteiger partial charge in [0.2, 0.25) is 0 Å². The molecule has 1 fully saturated rings. The van der Waals surface area contributed by atoms with Crippen molar-refractivity contribution in [2.45, 2.75) is 96.5 Å². The fourth-order valence-electron chi connectivity index (χ4n) is 5.80. The lowest BCUT2D eigenvalue weighted by Gasteiger charge is -2.35. The number of amides is 1. The van der Waals surface area contributed by atoms with Crippen molar-refractivity contribution in [2.24, 2.45) is 0 Å². The molecule has 5 nitrogen and oxygen atoms in total. The molecule has 2 aromatic carbocycles. The molecule has 35 heavy (non-hydrogen) atoms. The molecule has 1 aliphatic carbocycles. The topological polar surface area (TPSA) is 86.6 Å². The summed E-state index contributed by atoms with van der Waals surface area (Å²) < 4.78 is 0. The van der Waals surface area contributed by atoms with Gasteiger partial charge in [-0.25, -0.2) is 0 Å². The molecule has 0 aliphatic heterocycles. The summed E-state index contributed by atoms with van der Waals surface area (Å²) in [6.45, 7) is 8.08. The number of hydrogen-bond donors (Lipinski definition) is 3. The first kappa shape index (κ1) is 26.9. The molecule has 2 aromatic rings. The lowest BCUT2D eigenvalue weighted by Crippen LogP contribution is -2.32. The van der Waals surface area contributed by atoms with Gasteiger partial charge in [-0.3, -0.25) is 9.59 Å². The Hall–Kier alpha value is -2.66. The van der Waals surface area contributed by atoms with Crippen molar-refractivity contribution in [3.05, 3.63) is 69.8 Å². The zero-order chi connectivity index (χ0) is 25.6. The van der Waals surface area contributed by atoms with E-state index in [0.29, 0.717) is 5.56 Å². The van der Waals surface area contributed by atoms with Crippen molar-refractivity contribution in [1.82, 2.24) is 5.32 Å². The third-order valence-electron chi connectivity index (χ3n) is 8.17. The fraction of sp³-hybridized carbons (Fsp3) is 0.533. The molecule has 0 atom stereocenters. The Morgan fingerprint density at radius 1 is 0.943 bits per heavy atom. The molecule has 1 aliphatic rings. The number of aliphatic carboxylic acids is 1. The highest BCUT2D eigenvalue weighted by molar-refractivity contribution is 5.97. The molecule has 1 amide bonds. The van der Waals surface area contributed by atoms with Gasteiger partial charge in [0, 0.05) is 11.0 Å². The smallest absolute Gasteiger partial charge is 0.322 e. The molecule has 0 spiro atoms. The Bertz CT molecular complexity index is 1050. The van der Waals surface area contributed by atoms with Gasteiger partial charge < -0.3 is 15.5 Å². The van der Waals surface area contributed by atoms with Crippen LogP contribution in [0.4, 0.5) is 0 Å². The highest BCUT2D eigenvalue weighted by Crippen LogP contribution is 2.40. The van der Waals surface area contributed by atoms with Crippen molar-refractivity contribution in [2.75, 3.05) is 6.54 Å². The van der Waals surface area contributed by atoms with E-state index in [1.807, 2.05) is 19.1 Å². The number of benzene rings is 2. The van der Waals surface area contributed by atoms with E-state index in [0.717, 1.165) is 56.9 Å². The Morgan fingerprint density at radius 3 is 2.09 bits per heavy atom. The average molecular weight is 480 g/mol. The van der Waals surface area contributed by atoms with Crippen LogP contribution in [0.15, 0.2) is 36.4 Å². The van der Waals surface area contributed by atoms with E-state index in [2.05, 4.69) is 50.4 Å². The lowest BCUT2D eigenvalue weighted by atomic mass is 9.69. The third kappa shape index (κ3) is 6.13. The third-order valence-corrected chi connectivity index (χ3v) is 8.17. The minimum atomic E-state index is -1.06. The molecule has 0 heterocycles. The molecule has 3 N–H and O–H groups in total. The van der Waals surface area contributed by atoms with Gasteiger partial charge in [-0.1, -0.05) is 63.4 Å². The highest BCUT2D eigenvalue weighted by atomic mass is 16.4. The molecular formula is C30H41NO4. The number of carboxylic acid groups (broad SMARTS) is 1. The molecule has 3 rings (SSSR count). The highest BCUT2D eigenvalue weighted by Gasteiger charge is 2.32. The Morgan fingerprint density at radius 2 is 1.54 bits per heavy atom. The summed E-state index contributed by atoms with van der Waals surface area (Å²) in [6, 6.07) is 12.7. The van der Waals surface area contributed by atoms with Crippen LogP contribution in [0.25, 0.3) is 0 Å². The fourth-order valence-corrected chi connectivity index (χ4v) is 5.80. The Labute approximate surface area is 210 Å². The van der Waals surface area contributed by atoms with E-state index in [4.69, 9.17) is 5.11 Å². The number of hydrogen-bond acceptors (Lipinski definition) is 3. The number of carbonyl (C=O) groups is 2. The van der Waals surface area contributed by atoms with Crippen LogP contribution in [-0.2, 0) is 16.6 Å². The number of nitrogens with one attached hydrogen (secondary N) is 1. The van der Waals surface area contributed by atoms with Crippen LogP contribution in [0.3, 0.4) is 0 Å². The summed E-state index contributed by atoms with van der Waals surface area (Å²) in [4.78, 5) is 23.2. The second kappa shape index (κ2) is 11.4. The molecule has 0 radical (unpaired) electrons. The molecule has 0 saturated heterocycles. The first-order chi connectivity index (χ1) is 16.6. The van der Waals surface area contributed by atoms with Crippen molar-refractivity contribution in [3.63, 3.8) is 0 Å². The minimum Gasteiger partial charge on any atom is -0.480 e. The van der Waals surface area contributed by atoms with Crippen molar-refractivity contribution < 1.29 is 19.8 Å². The normalized spacial score (nSPS) is 15.6. The standard InChI is InChI=1S/C30H41NO4/c1-5-30(6-2,25-12-13-26(22(4)19-25)28(34)31-20-27(32)33)24-11-10-23(21(3)18-24)14-17-29(35)15-8-7-9-16-29/h10-13,18-19,35H,5-9,14-17,20H2,1-4H3,(H,31,34)(H,32,33). The number of aryl methyl sites for hydroxylation is 3. The first-order valence-corrected chi connectivity index (χ1v) is 13.1. The summed E-state index contributed by atoms with van der Waals surface area (Å²) in [5.74, 6) is -1.43. The van der Waals surface area contributed by atoms with Crippen molar-refractivity contribution in [3.8, 4) is 0 Å². The number of carbonyl (C=O) groups excluding carboxylic acids is 1. The van der Waals surface area contributed by atoms with Crippen LogP contribution in [0.2, 0.25) is 0 Å². The maximum absolute atomic E-state index is 12.4. The van der Waals surface area contributed by atoms with Crippen LogP contribution in [0.5, 0.6) is 0 Å². The molecule has 1 saturated carbocycles. The predicted molar refractivity (Wildman–Crippen MR) is 140 cm³/mol. The SMILES string of the molecule is CCC(CC)(c1ccc(CCC2(O)CCCCC2)c(C)c1)c1ccc(C(=O)NCC(=O)O)c(C)c1. The largest absolute Gasteiger partial charge is 0.480 e. The summed E-state index contributed by atoms with van der Waals surface area (Å²) in [5, 5.41) is 22.2. The Kier molecular flexibility index (Phi) is 8.76. The van der Waals surface area contributed by atoms with E-state index >= 15 is 0 Å². The average Bonchev–Trinajstić information content (AvgIpc) is 2.83. The van der Waals surface area contributed by atoms with E-state index < -0.39 is 18.1 Å². The molecule has 5 heteroatoms. The van der Waals surface area contributed by atoms with E-state index in [9.17, 15) is 14.7 Å². The van der Waals surface area contributed by atoms with E-state index in [1.165, 1.54) is 28.7 Å². The number of aliphatic hydroxyl groups is 1. The van der Waals surface area contributed by atoms with Gasteiger partial charge in [-0.15, -0.1) is 0 Å². The quantitative estimate of drug-likeness (QED) is 0.399. The molecule has 0 aromatic heterocycles. The van der Waals surface area contributed by atoms with Gasteiger partial charge >= 0.3 is 5.97 Å². The molecule has 190 valence electrons. The number of rotatable bonds is 10. The zero-order valence-electron chi connectivity index (χ0n) is 21.7. The van der Waals surface area contributed by atoms with Gasteiger partial charge in [0.05, 0.1) is 5.60 Å². The Balaban J connectivity index is 1.85. The maximum atomic E-state index is 12.4. The van der Waals surface area contributed by atoms with Gasteiger partial charge in [-0.05, 0) is 86.3 Å².